The number of ether oxygens (including phenoxy) is 3. The highest BCUT2D eigenvalue weighted by atomic mass is 16.7. The van der Waals surface area contributed by atoms with Crippen LogP contribution in [0.1, 0.15) is 35.3 Å². The second kappa shape index (κ2) is 10.7. The molecule has 202 valence electrons. The molecule has 0 saturated carbocycles. The Morgan fingerprint density at radius 3 is 2.26 bits per heavy atom. The first-order chi connectivity index (χ1) is 18.9. The van der Waals surface area contributed by atoms with Gasteiger partial charge in [0, 0.05) is 0 Å². The highest BCUT2D eigenvalue weighted by molar-refractivity contribution is 6.24. The van der Waals surface area contributed by atoms with Crippen LogP contribution in [0.25, 0.3) is 0 Å². The standard InChI is InChI=1S/C29H28N2O8/c1-4-16-38-19-12-10-17(11-13-19)30-27(32)23-24(20-14-15-21(36-2)25(37-3)22(20)29(34)35)31(39-26(23)28(30)33)18-8-6-5-7-9-18/h5-15,23-24,26H,4,16H2,1-3H3,(H,34,35)/t23-,24-,26+/m1/s1. The minimum absolute atomic E-state index is 0.00950. The highest BCUT2D eigenvalue weighted by Gasteiger charge is 2.61. The Morgan fingerprint density at radius 2 is 1.64 bits per heavy atom. The van der Waals surface area contributed by atoms with Gasteiger partial charge in [-0.1, -0.05) is 31.2 Å². The van der Waals surface area contributed by atoms with Gasteiger partial charge in [0.05, 0.1) is 38.2 Å². The number of carboxylic acid groups (broad SMARTS) is 1. The average Bonchev–Trinajstić information content (AvgIpc) is 3.47. The van der Waals surface area contributed by atoms with Gasteiger partial charge in [0.15, 0.2) is 17.6 Å². The summed E-state index contributed by atoms with van der Waals surface area (Å²) >= 11 is 0. The number of para-hydroxylation sites is 1. The third kappa shape index (κ3) is 4.42. The van der Waals surface area contributed by atoms with Crippen molar-refractivity contribution in [1.29, 1.82) is 0 Å². The fourth-order valence-corrected chi connectivity index (χ4v) is 5.10. The van der Waals surface area contributed by atoms with Crippen molar-refractivity contribution in [3.8, 4) is 17.2 Å². The van der Waals surface area contributed by atoms with Crippen LogP contribution in [0.3, 0.4) is 0 Å². The van der Waals surface area contributed by atoms with E-state index in [1.54, 1.807) is 60.7 Å². The van der Waals surface area contributed by atoms with Crippen molar-refractivity contribution in [3.05, 3.63) is 77.9 Å². The number of aromatic carboxylic acids is 1. The molecule has 10 nitrogen and oxygen atoms in total. The number of hydrogen-bond donors (Lipinski definition) is 1. The van der Waals surface area contributed by atoms with E-state index in [-0.39, 0.29) is 22.6 Å². The van der Waals surface area contributed by atoms with Gasteiger partial charge in [-0.2, -0.15) is 0 Å². The molecule has 5 rings (SSSR count). The Balaban J connectivity index is 1.61. The quantitative estimate of drug-likeness (QED) is 0.404. The molecule has 39 heavy (non-hydrogen) atoms. The zero-order chi connectivity index (χ0) is 27.7. The molecule has 0 unspecified atom stereocenters. The van der Waals surface area contributed by atoms with E-state index in [1.165, 1.54) is 19.3 Å². The third-order valence-corrected chi connectivity index (χ3v) is 6.80. The maximum absolute atomic E-state index is 13.9. The topological polar surface area (TPSA) is 115 Å². The summed E-state index contributed by atoms with van der Waals surface area (Å²) in [6, 6.07) is 17.8. The Kier molecular flexibility index (Phi) is 7.12. The van der Waals surface area contributed by atoms with Crippen LogP contribution in [0.15, 0.2) is 66.7 Å². The molecular weight excluding hydrogens is 504 g/mol. The van der Waals surface area contributed by atoms with Gasteiger partial charge in [0.2, 0.25) is 5.91 Å². The first kappa shape index (κ1) is 26.1. The van der Waals surface area contributed by atoms with E-state index >= 15 is 0 Å². The summed E-state index contributed by atoms with van der Waals surface area (Å²) in [7, 11) is 2.75. The number of carbonyl (C=O) groups is 3. The fourth-order valence-electron chi connectivity index (χ4n) is 5.10. The number of nitrogens with zero attached hydrogens (tertiary/aromatic N) is 2. The lowest BCUT2D eigenvalue weighted by Crippen LogP contribution is -2.37. The molecule has 2 heterocycles. The van der Waals surface area contributed by atoms with E-state index in [4.69, 9.17) is 19.0 Å². The summed E-state index contributed by atoms with van der Waals surface area (Å²) in [5.41, 5.74) is 1.02. The van der Waals surface area contributed by atoms with Crippen molar-refractivity contribution in [2.75, 3.05) is 30.8 Å². The first-order valence-electron chi connectivity index (χ1n) is 12.5. The zero-order valence-electron chi connectivity index (χ0n) is 21.7. The van der Waals surface area contributed by atoms with Gasteiger partial charge in [0.25, 0.3) is 5.91 Å². The summed E-state index contributed by atoms with van der Waals surface area (Å²) in [5.74, 6) is -2.47. The Morgan fingerprint density at radius 1 is 0.923 bits per heavy atom. The van der Waals surface area contributed by atoms with Crippen LogP contribution in [0, 0.1) is 5.92 Å². The molecule has 2 fully saturated rings. The van der Waals surface area contributed by atoms with Crippen molar-refractivity contribution in [3.63, 3.8) is 0 Å². The lowest BCUT2D eigenvalue weighted by Gasteiger charge is -2.30. The van der Waals surface area contributed by atoms with Crippen LogP contribution in [0.5, 0.6) is 17.2 Å². The molecule has 3 aromatic carbocycles. The molecule has 0 aromatic heterocycles. The lowest BCUT2D eigenvalue weighted by molar-refractivity contribution is -0.126. The molecule has 2 aliphatic heterocycles. The molecule has 0 bridgehead atoms. The van der Waals surface area contributed by atoms with Gasteiger partial charge in [-0.05, 0) is 54.4 Å². The smallest absolute Gasteiger partial charge is 0.339 e. The summed E-state index contributed by atoms with van der Waals surface area (Å²) in [4.78, 5) is 47.3. The van der Waals surface area contributed by atoms with Crippen LogP contribution < -0.4 is 24.2 Å². The molecule has 2 amide bonds. The predicted molar refractivity (Wildman–Crippen MR) is 141 cm³/mol. The minimum Gasteiger partial charge on any atom is -0.494 e. The van der Waals surface area contributed by atoms with E-state index in [9.17, 15) is 19.5 Å². The fraction of sp³-hybridized carbons (Fsp3) is 0.276. The maximum Gasteiger partial charge on any atom is 0.339 e. The zero-order valence-corrected chi connectivity index (χ0v) is 21.7. The summed E-state index contributed by atoms with van der Waals surface area (Å²) in [5, 5.41) is 11.7. The van der Waals surface area contributed by atoms with Crippen molar-refractivity contribution in [1.82, 2.24) is 0 Å². The van der Waals surface area contributed by atoms with E-state index in [2.05, 4.69) is 0 Å². The first-order valence-corrected chi connectivity index (χ1v) is 12.5. The van der Waals surface area contributed by atoms with Gasteiger partial charge in [0.1, 0.15) is 17.2 Å². The Bertz CT molecular complexity index is 1390. The number of amides is 2. The number of methoxy groups -OCH3 is 2. The van der Waals surface area contributed by atoms with E-state index in [0.717, 1.165) is 11.3 Å². The largest absolute Gasteiger partial charge is 0.494 e. The monoisotopic (exact) mass is 532 g/mol. The lowest BCUT2D eigenvalue weighted by atomic mass is 9.87. The predicted octanol–water partition coefficient (Wildman–Crippen LogP) is 4.24. The normalized spacial score (nSPS) is 20.2. The second-order valence-corrected chi connectivity index (χ2v) is 9.08. The Labute approximate surface area is 225 Å². The molecule has 3 aromatic rings. The van der Waals surface area contributed by atoms with Gasteiger partial charge < -0.3 is 19.3 Å². The molecule has 0 aliphatic carbocycles. The van der Waals surface area contributed by atoms with Gasteiger partial charge in [-0.25, -0.2) is 14.8 Å². The Hall–Kier alpha value is -4.57. The summed E-state index contributed by atoms with van der Waals surface area (Å²) < 4.78 is 16.4. The molecule has 2 saturated heterocycles. The number of carbonyl (C=O) groups excluding carboxylic acids is 2. The van der Waals surface area contributed by atoms with Crippen molar-refractivity contribution in [2.24, 2.45) is 5.92 Å². The summed E-state index contributed by atoms with van der Waals surface area (Å²) in [6.45, 7) is 2.55. The number of imide groups is 1. The van der Waals surface area contributed by atoms with Gasteiger partial charge >= 0.3 is 5.97 Å². The molecule has 1 N–H and O–H groups in total. The number of rotatable bonds is 9. The van der Waals surface area contributed by atoms with E-state index < -0.39 is 35.8 Å². The minimum atomic E-state index is -1.27. The maximum atomic E-state index is 13.9. The van der Waals surface area contributed by atoms with Crippen molar-refractivity contribution >= 4 is 29.2 Å². The molecule has 0 radical (unpaired) electrons. The number of fused-ring (bicyclic) bond motifs is 1. The van der Waals surface area contributed by atoms with E-state index in [1.807, 2.05) is 13.0 Å². The SMILES string of the molecule is CCCOc1ccc(N2C(=O)[C@H]3[C@H](ON(c4ccccc4)[C@@H]3c3ccc(OC)c(OC)c3C(=O)O)C2=O)cc1. The van der Waals surface area contributed by atoms with E-state index in [0.29, 0.717) is 23.7 Å². The number of carboxylic acids is 1. The van der Waals surface area contributed by atoms with Gasteiger partial charge in [-0.3, -0.25) is 14.4 Å². The molecular formula is C29H28N2O8. The average molecular weight is 533 g/mol. The number of anilines is 2. The van der Waals surface area contributed by atoms with Crippen molar-refractivity contribution < 1.29 is 38.5 Å². The molecule has 10 heteroatoms. The number of benzene rings is 3. The molecule has 2 aliphatic rings. The van der Waals surface area contributed by atoms with Crippen molar-refractivity contribution in [2.45, 2.75) is 25.5 Å². The van der Waals surface area contributed by atoms with Crippen LogP contribution in [0.4, 0.5) is 11.4 Å². The van der Waals surface area contributed by atoms with Gasteiger partial charge in [-0.15, -0.1) is 0 Å². The van der Waals surface area contributed by atoms with Crippen LogP contribution in [-0.4, -0.2) is 49.8 Å². The summed E-state index contributed by atoms with van der Waals surface area (Å²) in [6.07, 6.45) is -0.312. The number of hydroxylamine groups is 1. The third-order valence-electron chi connectivity index (χ3n) is 6.80. The van der Waals surface area contributed by atoms with Crippen LogP contribution >= 0.6 is 0 Å². The van der Waals surface area contributed by atoms with Crippen LogP contribution in [0.2, 0.25) is 0 Å². The van der Waals surface area contributed by atoms with Crippen LogP contribution in [-0.2, 0) is 14.4 Å². The number of hydrogen-bond acceptors (Lipinski definition) is 8. The molecule has 3 atom stereocenters. The molecule has 0 spiro atoms. The highest BCUT2D eigenvalue weighted by Crippen LogP contribution is 2.50. The second-order valence-electron chi connectivity index (χ2n) is 9.08.